The van der Waals surface area contributed by atoms with E-state index in [1.54, 1.807) is 26.1 Å². The van der Waals surface area contributed by atoms with Gasteiger partial charge in [-0.3, -0.25) is 9.59 Å². The van der Waals surface area contributed by atoms with Gasteiger partial charge < -0.3 is 15.0 Å². The van der Waals surface area contributed by atoms with Crippen molar-refractivity contribution in [1.82, 2.24) is 10.2 Å². The smallest absolute Gasteiger partial charge is 0.251 e. The molecule has 0 radical (unpaired) electrons. The molecule has 2 rings (SSSR count). The van der Waals surface area contributed by atoms with Gasteiger partial charge in [-0.2, -0.15) is 0 Å². The second kappa shape index (κ2) is 9.15. The summed E-state index contributed by atoms with van der Waals surface area (Å²) in [4.78, 5) is 25.5. The van der Waals surface area contributed by atoms with E-state index >= 15 is 0 Å². The molecule has 2 aromatic rings. The quantitative estimate of drug-likeness (QED) is 0.832. The minimum Gasteiger partial charge on any atom is -0.383 e. The molecule has 0 aliphatic heterocycles. The third kappa shape index (κ3) is 5.43. The molecule has 0 saturated carbocycles. The zero-order valence-corrected chi connectivity index (χ0v) is 15.8. The van der Waals surface area contributed by atoms with Crippen LogP contribution in [-0.4, -0.2) is 50.6 Å². The van der Waals surface area contributed by atoms with Gasteiger partial charge in [-0.15, -0.1) is 0 Å². The number of likely N-dealkylation sites (N-methyl/N-ethyl adjacent to an activating group) is 1. The molecule has 2 amide bonds. The van der Waals surface area contributed by atoms with Gasteiger partial charge in [0.05, 0.1) is 13.0 Å². The first-order valence-electron chi connectivity index (χ1n) is 8.60. The van der Waals surface area contributed by atoms with E-state index in [2.05, 4.69) is 5.32 Å². The van der Waals surface area contributed by atoms with Crippen LogP contribution < -0.4 is 5.32 Å². The second-order valence-electron chi connectivity index (χ2n) is 6.57. The fourth-order valence-electron chi connectivity index (χ4n) is 2.56. The van der Waals surface area contributed by atoms with E-state index in [9.17, 15) is 9.59 Å². The minimum absolute atomic E-state index is 0.0374. The van der Waals surface area contributed by atoms with Crippen molar-refractivity contribution in [2.45, 2.75) is 19.4 Å². The molecule has 26 heavy (non-hydrogen) atoms. The van der Waals surface area contributed by atoms with Crippen LogP contribution in [0.2, 0.25) is 0 Å². The Morgan fingerprint density at radius 3 is 2.04 bits per heavy atom. The predicted octanol–water partition coefficient (Wildman–Crippen LogP) is 2.75. The van der Waals surface area contributed by atoms with Crippen LogP contribution in [0, 0.1) is 0 Å². The number of amides is 2. The summed E-state index contributed by atoms with van der Waals surface area (Å²) in [6.45, 7) is 2.38. The molecule has 0 bridgehead atoms. The Balaban J connectivity index is 2.04. The number of hydrogen-bond acceptors (Lipinski definition) is 3. The van der Waals surface area contributed by atoms with Crippen LogP contribution in [0.15, 0.2) is 48.5 Å². The Morgan fingerprint density at radius 2 is 1.54 bits per heavy atom. The van der Waals surface area contributed by atoms with E-state index in [0.717, 1.165) is 16.7 Å². The van der Waals surface area contributed by atoms with Crippen LogP contribution in [0.4, 0.5) is 0 Å². The lowest BCUT2D eigenvalue weighted by Crippen LogP contribution is -2.35. The van der Waals surface area contributed by atoms with Gasteiger partial charge in [0.25, 0.3) is 5.91 Å². The van der Waals surface area contributed by atoms with Crippen molar-refractivity contribution in [1.29, 1.82) is 0 Å². The average Bonchev–Trinajstić information content (AvgIpc) is 2.62. The third-order valence-corrected chi connectivity index (χ3v) is 4.08. The minimum atomic E-state index is -0.112. The SMILES string of the molecule is COC[C@@H](C)NC(=O)c1ccc(-c2ccc(CC(=O)N(C)C)cc2)cc1. The van der Waals surface area contributed by atoms with Crippen LogP contribution in [0.1, 0.15) is 22.8 Å². The molecule has 0 fully saturated rings. The normalized spacial score (nSPS) is 11.7. The number of benzene rings is 2. The number of nitrogens with one attached hydrogen (secondary N) is 1. The summed E-state index contributed by atoms with van der Waals surface area (Å²) in [5.74, 6) is -0.0329. The average molecular weight is 354 g/mol. The zero-order valence-electron chi connectivity index (χ0n) is 15.8. The van der Waals surface area contributed by atoms with E-state index in [-0.39, 0.29) is 17.9 Å². The summed E-state index contributed by atoms with van der Waals surface area (Å²) >= 11 is 0. The maximum absolute atomic E-state index is 12.2. The number of nitrogens with zero attached hydrogens (tertiary/aromatic N) is 1. The van der Waals surface area contributed by atoms with Crippen LogP contribution in [0.5, 0.6) is 0 Å². The highest BCUT2D eigenvalue weighted by Gasteiger charge is 2.10. The maximum Gasteiger partial charge on any atom is 0.251 e. The van der Waals surface area contributed by atoms with Gasteiger partial charge in [0.15, 0.2) is 0 Å². The summed E-state index contributed by atoms with van der Waals surface area (Å²) < 4.78 is 5.03. The molecule has 138 valence electrons. The molecule has 0 heterocycles. The number of ether oxygens (including phenoxy) is 1. The molecule has 0 aromatic heterocycles. The molecule has 0 aliphatic carbocycles. The summed E-state index contributed by atoms with van der Waals surface area (Å²) in [7, 11) is 5.12. The van der Waals surface area contributed by atoms with Gasteiger partial charge in [-0.1, -0.05) is 36.4 Å². The van der Waals surface area contributed by atoms with E-state index in [1.807, 2.05) is 55.5 Å². The standard InChI is InChI=1S/C21H26N2O3/c1-15(14-26-4)22-21(25)19-11-9-18(10-12-19)17-7-5-16(6-8-17)13-20(24)23(2)3/h5-12,15H,13-14H2,1-4H3,(H,22,25)/t15-/m1/s1. The number of carbonyl (C=O) groups excluding carboxylic acids is 2. The van der Waals surface area contributed by atoms with E-state index in [1.165, 1.54) is 0 Å². The van der Waals surface area contributed by atoms with Crippen LogP contribution in [0.3, 0.4) is 0 Å². The van der Waals surface area contributed by atoms with Gasteiger partial charge in [-0.05, 0) is 35.7 Å². The molecule has 1 atom stereocenters. The van der Waals surface area contributed by atoms with Gasteiger partial charge in [0.1, 0.15) is 0 Å². The van der Waals surface area contributed by atoms with E-state index in [0.29, 0.717) is 18.6 Å². The first-order valence-corrected chi connectivity index (χ1v) is 8.60. The Hall–Kier alpha value is -2.66. The molecule has 0 unspecified atom stereocenters. The van der Waals surface area contributed by atoms with Crippen LogP contribution >= 0.6 is 0 Å². The number of rotatable bonds is 7. The highest BCUT2D eigenvalue weighted by molar-refractivity contribution is 5.94. The Bertz CT molecular complexity index is 737. The molecular formula is C21H26N2O3. The molecule has 0 spiro atoms. The van der Waals surface area contributed by atoms with Gasteiger partial charge in [-0.25, -0.2) is 0 Å². The van der Waals surface area contributed by atoms with E-state index < -0.39 is 0 Å². The first kappa shape index (κ1) is 19.7. The molecular weight excluding hydrogens is 328 g/mol. The first-order chi connectivity index (χ1) is 12.4. The summed E-state index contributed by atoms with van der Waals surface area (Å²) in [5, 5.41) is 2.89. The third-order valence-electron chi connectivity index (χ3n) is 4.08. The summed E-state index contributed by atoms with van der Waals surface area (Å²) in [5.41, 5.74) is 3.67. The highest BCUT2D eigenvalue weighted by atomic mass is 16.5. The van der Waals surface area contributed by atoms with Gasteiger partial charge in [0.2, 0.25) is 5.91 Å². The Labute approximate surface area is 155 Å². The lowest BCUT2D eigenvalue weighted by atomic mass is 10.0. The van der Waals surface area contributed by atoms with Crippen LogP contribution in [-0.2, 0) is 16.0 Å². The van der Waals surface area contributed by atoms with Crippen molar-refractivity contribution >= 4 is 11.8 Å². The number of hydrogen-bond donors (Lipinski definition) is 1. The van der Waals surface area contributed by atoms with Gasteiger partial charge >= 0.3 is 0 Å². The topological polar surface area (TPSA) is 58.6 Å². The predicted molar refractivity (Wildman–Crippen MR) is 103 cm³/mol. The number of carbonyl (C=O) groups is 2. The van der Waals surface area contributed by atoms with Crippen molar-refractivity contribution < 1.29 is 14.3 Å². The van der Waals surface area contributed by atoms with Gasteiger partial charge in [0, 0.05) is 32.8 Å². The number of methoxy groups -OCH3 is 1. The van der Waals surface area contributed by atoms with Crippen LogP contribution in [0.25, 0.3) is 11.1 Å². The molecule has 5 heteroatoms. The van der Waals surface area contributed by atoms with Crippen molar-refractivity contribution in [3.63, 3.8) is 0 Å². The molecule has 1 N–H and O–H groups in total. The fraction of sp³-hybridized carbons (Fsp3) is 0.333. The van der Waals surface area contributed by atoms with E-state index in [4.69, 9.17) is 4.74 Å². The van der Waals surface area contributed by atoms with Crippen molar-refractivity contribution in [2.75, 3.05) is 27.8 Å². The lowest BCUT2D eigenvalue weighted by molar-refractivity contribution is -0.127. The molecule has 2 aromatic carbocycles. The lowest BCUT2D eigenvalue weighted by Gasteiger charge is -2.13. The van der Waals surface area contributed by atoms with Crippen molar-refractivity contribution in [3.05, 3.63) is 59.7 Å². The van der Waals surface area contributed by atoms with Crippen molar-refractivity contribution in [3.8, 4) is 11.1 Å². The maximum atomic E-state index is 12.2. The Kier molecular flexibility index (Phi) is 6.92. The fourth-order valence-corrected chi connectivity index (χ4v) is 2.56. The zero-order chi connectivity index (χ0) is 19.1. The van der Waals surface area contributed by atoms with Crippen molar-refractivity contribution in [2.24, 2.45) is 0 Å². The molecule has 0 aliphatic rings. The molecule has 0 saturated heterocycles. The monoisotopic (exact) mass is 354 g/mol. The Morgan fingerprint density at radius 1 is 1.00 bits per heavy atom. The summed E-state index contributed by atoms with van der Waals surface area (Å²) in [6.07, 6.45) is 0.395. The highest BCUT2D eigenvalue weighted by Crippen LogP contribution is 2.21. The molecule has 5 nitrogen and oxygen atoms in total. The largest absolute Gasteiger partial charge is 0.383 e. The summed E-state index contributed by atoms with van der Waals surface area (Å²) in [6, 6.07) is 15.4. The second-order valence-corrected chi connectivity index (χ2v) is 6.57.